The SMILES string of the molecule is CC/C(=C/c1ccc(-c2cccc(NCC(=O)OC(C)(C)C)c2)nc1)C(=O)O. The monoisotopic (exact) mass is 382 g/mol. The van der Waals surface area contributed by atoms with E-state index in [0.29, 0.717) is 12.0 Å². The minimum absolute atomic E-state index is 0.0763. The molecule has 0 bridgehead atoms. The Balaban J connectivity index is 2.09. The standard InChI is InChI=1S/C22H26N2O4/c1-5-16(21(26)27)11-15-9-10-19(24-13-15)17-7-6-8-18(12-17)23-14-20(25)28-22(2,3)4/h6-13,23H,5,14H2,1-4H3,(H,26,27)/b16-11-. The lowest BCUT2D eigenvalue weighted by molar-refractivity contribution is -0.152. The molecule has 2 aromatic rings. The molecule has 0 amide bonds. The number of nitrogens with zero attached hydrogens (tertiary/aromatic N) is 1. The summed E-state index contributed by atoms with van der Waals surface area (Å²) in [5.74, 6) is -1.24. The minimum atomic E-state index is -0.921. The first-order chi connectivity index (χ1) is 13.2. The van der Waals surface area contributed by atoms with Crippen molar-refractivity contribution in [2.45, 2.75) is 39.7 Å². The van der Waals surface area contributed by atoms with Gasteiger partial charge < -0.3 is 15.2 Å². The average molecular weight is 382 g/mol. The van der Waals surface area contributed by atoms with Gasteiger partial charge in [0.1, 0.15) is 12.1 Å². The van der Waals surface area contributed by atoms with Gasteiger partial charge in [0.15, 0.2) is 0 Å². The van der Waals surface area contributed by atoms with Gasteiger partial charge in [-0.25, -0.2) is 4.79 Å². The number of anilines is 1. The van der Waals surface area contributed by atoms with E-state index in [9.17, 15) is 9.59 Å². The van der Waals surface area contributed by atoms with Crippen molar-refractivity contribution in [1.82, 2.24) is 4.98 Å². The third kappa shape index (κ3) is 6.54. The number of aromatic nitrogens is 1. The third-order valence-corrected chi connectivity index (χ3v) is 3.80. The van der Waals surface area contributed by atoms with Crippen LogP contribution in [0.3, 0.4) is 0 Å². The first-order valence-electron chi connectivity index (χ1n) is 9.14. The van der Waals surface area contributed by atoms with Crippen molar-refractivity contribution in [2.24, 2.45) is 0 Å². The van der Waals surface area contributed by atoms with Gasteiger partial charge in [-0.3, -0.25) is 9.78 Å². The lowest BCUT2D eigenvalue weighted by Crippen LogP contribution is -2.28. The molecule has 0 fully saturated rings. The highest BCUT2D eigenvalue weighted by atomic mass is 16.6. The van der Waals surface area contributed by atoms with E-state index in [-0.39, 0.29) is 12.5 Å². The number of benzene rings is 1. The Labute approximate surface area is 165 Å². The highest BCUT2D eigenvalue weighted by molar-refractivity contribution is 5.92. The summed E-state index contributed by atoms with van der Waals surface area (Å²) in [6.45, 7) is 7.37. The number of pyridine rings is 1. The highest BCUT2D eigenvalue weighted by Crippen LogP contribution is 2.22. The maximum Gasteiger partial charge on any atom is 0.331 e. The second-order valence-corrected chi connectivity index (χ2v) is 7.33. The van der Waals surface area contributed by atoms with Crippen molar-refractivity contribution in [1.29, 1.82) is 0 Å². The van der Waals surface area contributed by atoms with E-state index in [1.807, 2.05) is 57.2 Å². The predicted molar refractivity (Wildman–Crippen MR) is 110 cm³/mol. The number of ether oxygens (including phenoxy) is 1. The fourth-order valence-electron chi connectivity index (χ4n) is 2.52. The Hall–Kier alpha value is -3.15. The van der Waals surface area contributed by atoms with Crippen LogP contribution >= 0.6 is 0 Å². The average Bonchev–Trinajstić information content (AvgIpc) is 2.63. The zero-order valence-electron chi connectivity index (χ0n) is 16.7. The predicted octanol–water partition coefficient (Wildman–Crippen LogP) is 4.38. The van der Waals surface area contributed by atoms with Gasteiger partial charge in [0.25, 0.3) is 0 Å². The minimum Gasteiger partial charge on any atom is -0.478 e. The Morgan fingerprint density at radius 1 is 1.21 bits per heavy atom. The number of carbonyl (C=O) groups excluding carboxylic acids is 1. The molecule has 0 atom stereocenters. The summed E-state index contributed by atoms with van der Waals surface area (Å²) in [7, 11) is 0. The second kappa shape index (κ2) is 9.17. The summed E-state index contributed by atoms with van der Waals surface area (Å²) in [5.41, 5.74) is 2.99. The van der Waals surface area contributed by atoms with Gasteiger partial charge in [-0.1, -0.05) is 25.1 Å². The number of nitrogens with one attached hydrogen (secondary N) is 1. The van der Waals surface area contributed by atoms with Gasteiger partial charge in [0.2, 0.25) is 0 Å². The molecule has 6 heteroatoms. The number of rotatable bonds is 7. The van der Waals surface area contributed by atoms with Crippen LogP contribution in [0.5, 0.6) is 0 Å². The van der Waals surface area contributed by atoms with E-state index in [4.69, 9.17) is 9.84 Å². The number of esters is 1. The number of carboxylic acid groups (broad SMARTS) is 1. The van der Waals surface area contributed by atoms with Crippen LogP contribution in [-0.4, -0.2) is 34.2 Å². The quantitative estimate of drug-likeness (QED) is 0.546. The lowest BCUT2D eigenvalue weighted by atomic mass is 10.1. The van der Waals surface area contributed by atoms with Crippen molar-refractivity contribution in [3.05, 3.63) is 53.7 Å². The van der Waals surface area contributed by atoms with Crippen LogP contribution in [0.25, 0.3) is 17.3 Å². The number of aliphatic carboxylic acids is 1. The number of carbonyl (C=O) groups is 2. The fourth-order valence-corrected chi connectivity index (χ4v) is 2.52. The largest absolute Gasteiger partial charge is 0.478 e. The summed E-state index contributed by atoms with van der Waals surface area (Å²) in [5, 5.41) is 12.2. The molecule has 0 spiro atoms. The van der Waals surface area contributed by atoms with Crippen molar-refractivity contribution in [2.75, 3.05) is 11.9 Å². The Kier molecular flexibility index (Phi) is 6.93. The van der Waals surface area contributed by atoms with E-state index < -0.39 is 11.6 Å². The van der Waals surface area contributed by atoms with Crippen LogP contribution in [-0.2, 0) is 14.3 Å². The van der Waals surface area contributed by atoms with Crippen LogP contribution in [0.4, 0.5) is 5.69 Å². The van der Waals surface area contributed by atoms with Crippen molar-refractivity contribution in [3.8, 4) is 11.3 Å². The highest BCUT2D eigenvalue weighted by Gasteiger charge is 2.15. The number of hydrogen-bond acceptors (Lipinski definition) is 5. The molecule has 0 saturated heterocycles. The molecule has 0 aliphatic heterocycles. The van der Waals surface area contributed by atoms with Crippen molar-refractivity contribution < 1.29 is 19.4 Å². The van der Waals surface area contributed by atoms with E-state index >= 15 is 0 Å². The zero-order chi connectivity index (χ0) is 20.7. The Morgan fingerprint density at radius 2 is 1.96 bits per heavy atom. The second-order valence-electron chi connectivity index (χ2n) is 7.33. The topological polar surface area (TPSA) is 88.5 Å². The molecular weight excluding hydrogens is 356 g/mol. The molecule has 0 radical (unpaired) electrons. The summed E-state index contributed by atoms with van der Waals surface area (Å²) in [6, 6.07) is 11.2. The van der Waals surface area contributed by atoms with Crippen LogP contribution < -0.4 is 5.32 Å². The van der Waals surface area contributed by atoms with Gasteiger partial charge in [-0.2, -0.15) is 0 Å². The van der Waals surface area contributed by atoms with E-state index in [0.717, 1.165) is 22.5 Å². The first kappa shape index (κ1) is 21.2. The van der Waals surface area contributed by atoms with E-state index in [1.165, 1.54) is 0 Å². The van der Waals surface area contributed by atoms with Gasteiger partial charge in [0.05, 0.1) is 5.69 Å². The molecule has 0 aliphatic carbocycles. The van der Waals surface area contributed by atoms with Gasteiger partial charge in [-0.15, -0.1) is 0 Å². The summed E-state index contributed by atoms with van der Waals surface area (Å²) in [4.78, 5) is 27.4. The molecule has 6 nitrogen and oxygen atoms in total. The number of hydrogen-bond donors (Lipinski definition) is 2. The zero-order valence-corrected chi connectivity index (χ0v) is 16.7. The van der Waals surface area contributed by atoms with Gasteiger partial charge in [-0.05, 0) is 57.0 Å². The molecule has 1 aromatic carbocycles. The normalized spacial score (nSPS) is 11.8. The van der Waals surface area contributed by atoms with Gasteiger partial charge >= 0.3 is 11.9 Å². The Morgan fingerprint density at radius 3 is 2.54 bits per heavy atom. The summed E-state index contributed by atoms with van der Waals surface area (Å²) >= 11 is 0. The molecule has 0 saturated carbocycles. The van der Waals surface area contributed by atoms with Crippen LogP contribution in [0, 0.1) is 0 Å². The Bertz CT molecular complexity index is 865. The molecular formula is C22H26N2O4. The third-order valence-electron chi connectivity index (χ3n) is 3.80. The first-order valence-corrected chi connectivity index (χ1v) is 9.14. The molecule has 2 rings (SSSR count). The summed E-state index contributed by atoms with van der Waals surface area (Å²) < 4.78 is 5.28. The van der Waals surface area contributed by atoms with E-state index in [1.54, 1.807) is 19.2 Å². The van der Waals surface area contributed by atoms with Crippen LogP contribution in [0.2, 0.25) is 0 Å². The maximum atomic E-state index is 11.8. The fraction of sp³-hybridized carbons (Fsp3) is 0.318. The van der Waals surface area contributed by atoms with Gasteiger partial charge in [0, 0.05) is 23.0 Å². The molecule has 0 aliphatic rings. The molecule has 1 heterocycles. The number of carboxylic acids is 1. The molecule has 28 heavy (non-hydrogen) atoms. The van der Waals surface area contributed by atoms with Crippen molar-refractivity contribution >= 4 is 23.7 Å². The van der Waals surface area contributed by atoms with Crippen LogP contribution in [0.1, 0.15) is 39.7 Å². The maximum absolute atomic E-state index is 11.8. The smallest absolute Gasteiger partial charge is 0.331 e. The molecule has 2 N–H and O–H groups in total. The van der Waals surface area contributed by atoms with E-state index in [2.05, 4.69) is 10.3 Å². The van der Waals surface area contributed by atoms with Crippen molar-refractivity contribution in [3.63, 3.8) is 0 Å². The molecule has 1 aromatic heterocycles. The molecule has 0 unspecified atom stereocenters. The molecule has 148 valence electrons. The lowest BCUT2D eigenvalue weighted by Gasteiger charge is -2.19. The summed E-state index contributed by atoms with van der Waals surface area (Å²) in [6.07, 6.45) is 3.72. The van der Waals surface area contributed by atoms with Crippen LogP contribution in [0.15, 0.2) is 48.2 Å².